The Labute approximate surface area is 177 Å². The van der Waals surface area contributed by atoms with Crippen LogP contribution in [0.2, 0.25) is 0 Å². The minimum Gasteiger partial charge on any atom is -0.367 e. The number of benzene rings is 1. The maximum Gasteiger partial charge on any atom is 0.257 e. The summed E-state index contributed by atoms with van der Waals surface area (Å²) < 4.78 is 15.6. The normalized spacial score (nSPS) is 19.1. The van der Waals surface area contributed by atoms with E-state index in [1.807, 2.05) is 6.07 Å². The number of nitrogens with zero attached hydrogens (tertiary/aromatic N) is 6. The standard InChI is InChI=1S/C21H21FN8O/c1-12-8-29(9-13(2)26-12)17-4-3-15(18-19(17)24-6-5-23-18)21(31)27-14-7-16(22)20-28-25-11-30(20)10-14/h3-7,10-13,26H,8-9H2,1-2H3,(H,27,31). The Balaban J connectivity index is 1.50. The Kier molecular flexibility index (Phi) is 4.70. The van der Waals surface area contributed by atoms with Crippen molar-refractivity contribution in [1.82, 2.24) is 29.9 Å². The summed E-state index contributed by atoms with van der Waals surface area (Å²) in [5.74, 6) is -0.969. The van der Waals surface area contributed by atoms with Gasteiger partial charge in [-0.25, -0.2) is 4.39 Å². The molecule has 31 heavy (non-hydrogen) atoms. The van der Waals surface area contributed by atoms with Gasteiger partial charge in [-0.15, -0.1) is 10.2 Å². The first-order valence-corrected chi connectivity index (χ1v) is 10.0. The predicted molar refractivity (Wildman–Crippen MR) is 115 cm³/mol. The Morgan fingerprint density at radius 3 is 2.68 bits per heavy atom. The van der Waals surface area contributed by atoms with Crippen molar-refractivity contribution in [3.8, 4) is 0 Å². The van der Waals surface area contributed by atoms with Crippen LogP contribution in [0.1, 0.15) is 24.2 Å². The van der Waals surface area contributed by atoms with E-state index in [0.29, 0.717) is 34.4 Å². The maximum atomic E-state index is 14.2. The highest BCUT2D eigenvalue weighted by molar-refractivity contribution is 6.13. The van der Waals surface area contributed by atoms with E-state index < -0.39 is 11.7 Å². The number of anilines is 2. The molecule has 3 aromatic heterocycles. The number of halogens is 1. The molecule has 4 aromatic rings. The summed E-state index contributed by atoms with van der Waals surface area (Å²) in [5.41, 5.74) is 2.86. The van der Waals surface area contributed by atoms with E-state index in [2.05, 4.69) is 49.5 Å². The minimum atomic E-state index is -0.572. The van der Waals surface area contributed by atoms with Gasteiger partial charge in [0.2, 0.25) is 0 Å². The van der Waals surface area contributed by atoms with Crippen molar-refractivity contribution in [2.45, 2.75) is 25.9 Å². The van der Waals surface area contributed by atoms with Crippen molar-refractivity contribution in [3.63, 3.8) is 0 Å². The number of hydrogen-bond acceptors (Lipinski definition) is 7. The van der Waals surface area contributed by atoms with Gasteiger partial charge in [0, 0.05) is 49.8 Å². The van der Waals surface area contributed by atoms with E-state index in [4.69, 9.17) is 0 Å². The summed E-state index contributed by atoms with van der Waals surface area (Å²) in [6, 6.07) is 5.53. The molecule has 2 N–H and O–H groups in total. The number of hydrogen-bond donors (Lipinski definition) is 2. The van der Waals surface area contributed by atoms with Crippen LogP contribution < -0.4 is 15.5 Å². The van der Waals surface area contributed by atoms with Gasteiger partial charge in [-0.05, 0) is 26.0 Å². The van der Waals surface area contributed by atoms with Crippen molar-refractivity contribution in [3.05, 3.63) is 54.5 Å². The largest absolute Gasteiger partial charge is 0.367 e. The SMILES string of the molecule is CC1CN(c2ccc(C(=O)Nc3cc(F)c4nncn4c3)c3nccnc23)CC(C)N1. The van der Waals surface area contributed by atoms with E-state index in [9.17, 15) is 9.18 Å². The van der Waals surface area contributed by atoms with Gasteiger partial charge in [0.05, 0.1) is 16.9 Å². The molecule has 4 heterocycles. The Bertz CT molecular complexity index is 1280. The molecular formula is C21H21FN8O. The number of fused-ring (bicyclic) bond motifs is 2. The van der Waals surface area contributed by atoms with E-state index >= 15 is 0 Å². The average Bonchev–Trinajstić information content (AvgIpc) is 3.21. The van der Waals surface area contributed by atoms with Crippen LogP contribution in [0.25, 0.3) is 16.7 Å². The van der Waals surface area contributed by atoms with Crippen LogP contribution in [0, 0.1) is 5.82 Å². The first kappa shape index (κ1) is 19.3. The number of carbonyl (C=O) groups excluding carboxylic acids is 1. The van der Waals surface area contributed by atoms with Gasteiger partial charge >= 0.3 is 0 Å². The maximum absolute atomic E-state index is 14.2. The molecule has 2 unspecified atom stereocenters. The van der Waals surface area contributed by atoms with Crippen LogP contribution in [-0.2, 0) is 0 Å². The third-order valence-corrected chi connectivity index (χ3v) is 5.35. The van der Waals surface area contributed by atoms with Gasteiger partial charge < -0.3 is 15.5 Å². The molecule has 5 rings (SSSR count). The molecule has 9 nitrogen and oxygen atoms in total. The number of amides is 1. The smallest absolute Gasteiger partial charge is 0.257 e. The minimum absolute atomic E-state index is 0.0955. The van der Waals surface area contributed by atoms with Gasteiger partial charge in [-0.1, -0.05) is 0 Å². The van der Waals surface area contributed by atoms with E-state index in [-0.39, 0.29) is 5.65 Å². The van der Waals surface area contributed by atoms with Crippen molar-refractivity contribution in [2.75, 3.05) is 23.3 Å². The van der Waals surface area contributed by atoms with Crippen LogP contribution in [0.4, 0.5) is 15.8 Å². The number of nitrogens with one attached hydrogen (secondary N) is 2. The second-order valence-corrected chi connectivity index (χ2v) is 7.85. The molecule has 0 spiro atoms. The molecule has 1 fully saturated rings. The summed E-state index contributed by atoms with van der Waals surface area (Å²) in [7, 11) is 0. The van der Waals surface area contributed by atoms with Gasteiger partial charge in [-0.3, -0.25) is 19.2 Å². The number of pyridine rings is 1. The van der Waals surface area contributed by atoms with Crippen molar-refractivity contribution < 1.29 is 9.18 Å². The van der Waals surface area contributed by atoms with E-state index in [1.165, 1.54) is 16.8 Å². The van der Waals surface area contributed by atoms with Gasteiger partial charge in [0.1, 0.15) is 17.4 Å². The van der Waals surface area contributed by atoms with Crippen LogP contribution in [0.15, 0.2) is 43.1 Å². The lowest BCUT2D eigenvalue weighted by Crippen LogP contribution is -2.54. The first-order valence-electron chi connectivity index (χ1n) is 10.0. The topological polar surface area (TPSA) is 100 Å². The van der Waals surface area contributed by atoms with Crippen LogP contribution in [0.3, 0.4) is 0 Å². The zero-order chi connectivity index (χ0) is 21.5. The fourth-order valence-corrected chi connectivity index (χ4v) is 4.17. The molecule has 0 saturated carbocycles. The zero-order valence-corrected chi connectivity index (χ0v) is 17.1. The van der Waals surface area contributed by atoms with Crippen molar-refractivity contribution >= 4 is 34.0 Å². The lowest BCUT2D eigenvalue weighted by Gasteiger charge is -2.38. The average molecular weight is 420 g/mol. The fourth-order valence-electron chi connectivity index (χ4n) is 4.17. The summed E-state index contributed by atoms with van der Waals surface area (Å²) in [4.78, 5) is 24.3. The van der Waals surface area contributed by atoms with Crippen LogP contribution in [-0.4, -0.2) is 55.6 Å². The molecule has 1 aliphatic heterocycles. The molecule has 1 aliphatic rings. The molecule has 0 bridgehead atoms. The quantitative estimate of drug-likeness (QED) is 0.524. The first-order chi connectivity index (χ1) is 15.0. The molecule has 0 aliphatic carbocycles. The highest BCUT2D eigenvalue weighted by Crippen LogP contribution is 2.28. The highest BCUT2D eigenvalue weighted by atomic mass is 19.1. The van der Waals surface area contributed by atoms with Gasteiger partial charge in [-0.2, -0.15) is 0 Å². The second kappa shape index (κ2) is 7.55. The summed E-state index contributed by atoms with van der Waals surface area (Å²) >= 11 is 0. The summed E-state index contributed by atoms with van der Waals surface area (Å²) in [6.07, 6.45) is 6.12. The lowest BCUT2D eigenvalue weighted by molar-refractivity contribution is 0.102. The van der Waals surface area contributed by atoms with E-state index in [1.54, 1.807) is 24.7 Å². The molecular weight excluding hydrogens is 399 g/mol. The van der Waals surface area contributed by atoms with Crippen molar-refractivity contribution in [2.24, 2.45) is 0 Å². The highest BCUT2D eigenvalue weighted by Gasteiger charge is 2.24. The van der Waals surface area contributed by atoms with Crippen molar-refractivity contribution in [1.29, 1.82) is 0 Å². The Morgan fingerprint density at radius 2 is 1.90 bits per heavy atom. The molecule has 158 valence electrons. The summed E-state index contributed by atoms with van der Waals surface area (Å²) in [6.45, 7) is 5.95. The van der Waals surface area contributed by atoms with Gasteiger partial charge in [0.15, 0.2) is 11.5 Å². The fraction of sp³-hybridized carbons (Fsp3) is 0.286. The number of rotatable bonds is 3. The zero-order valence-electron chi connectivity index (χ0n) is 17.1. The molecule has 1 saturated heterocycles. The monoisotopic (exact) mass is 420 g/mol. The van der Waals surface area contributed by atoms with E-state index in [0.717, 1.165) is 18.8 Å². The molecule has 0 radical (unpaired) electrons. The van der Waals surface area contributed by atoms with Gasteiger partial charge in [0.25, 0.3) is 5.91 Å². The molecule has 10 heteroatoms. The van der Waals surface area contributed by atoms with Crippen LogP contribution in [0.5, 0.6) is 0 Å². The third kappa shape index (κ3) is 3.55. The number of aromatic nitrogens is 5. The predicted octanol–water partition coefficient (Wildman–Crippen LogP) is 2.25. The van der Waals surface area contributed by atoms with Crippen LogP contribution >= 0.6 is 0 Å². The molecule has 2 atom stereocenters. The number of carbonyl (C=O) groups is 1. The molecule has 1 aromatic carbocycles. The Hall–Kier alpha value is -3.66. The second-order valence-electron chi connectivity index (χ2n) is 7.85. The summed E-state index contributed by atoms with van der Waals surface area (Å²) in [5, 5.41) is 13.6. The lowest BCUT2D eigenvalue weighted by atomic mass is 10.1. The molecule has 1 amide bonds. The number of piperazine rings is 1. The Morgan fingerprint density at radius 1 is 1.16 bits per heavy atom. The third-order valence-electron chi connectivity index (χ3n) is 5.35.